The number of carbonyl (C=O) groups is 3. The van der Waals surface area contributed by atoms with Crippen LogP contribution in [0.15, 0.2) is 54.6 Å². The first-order valence-corrected chi connectivity index (χ1v) is 8.63. The molecule has 0 heterocycles. The summed E-state index contributed by atoms with van der Waals surface area (Å²) in [5.41, 5.74) is 0.432. The maximum Gasteiger partial charge on any atom is 0.345 e. The van der Waals surface area contributed by atoms with Crippen LogP contribution in [0.1, 0.15) is 18.6 Å². The Hall–Kier alpha value is -3.55. The van der Waals surface area contributed by atoms with E-state index in [1.165, 1.54) is 0 Å². The first-order valence-electron chi connectivity index (χ1n) is 8.63. The second-order valence-corrected chi connectivity index (χ2v) is 5.59. The highest BCUT2D eigenvalue weighted by atomic mass is 16.6. The Morgan fingerprint density at radius 3 is 2.21 bits per heavy atom. The third kappa shape index (κ3) is 6.31. The number of urea groups is 1. The van der Waals surface area contributed by atoms with Crippen molar-refractivity contribution in [2.75, 3.05) is 20.3 Å². The van der Waals surface area contributed by atoms with Gasteiger partial charge in [0.15, 0.2) is 6.61 Å². The smallest absolute Gasteiger partial charge is 0.345 e. The van der Waals surface area contributed by atoms with E-state index in [9.17, 15) is 14.4 Å². The molecule has 0 aliphatic rings. The maximum atomic E-state index is 12.4. The lowest BCUT2D eigenvalue weighted by Gasteiger charge is -2.18. The van der Waals surface area contributed by atoms with Gasteiger partial charge in [-0.05, 0) is 31.2 Å². The summed E-state index contributed by atoms with van der Waals surface area (Å²) in [6.07, 6.45) is -1.28. The van der Waals surface area contributed by atoms with Crippen LogP contribution in [0.4, 0.5) is 4.79 Å². The van der Waals surface area contributed by atoms with E-state index in [1.807, 2.05) is 0 Å². The van der Waals surface area contributed by atoms with Gasteiger partial charge >= 0.3 is 12.0 Å². The van der Waals surface area contributed by atoms with Crippen molar-refractivity contribution in [2.24, 2.45) is 0 Å². The van der Waals surface area contributed by atoms with E-state index in [1.54, 1.807) is 68.6 Å². The first kappa shape index (κ1) is 20.8. The number of methoxy groups -OCH3 is 1. The number of hydrogen-bond donors (Lipinski definition) is 2. The quantitative estimate of drug-likeness (QED) is 0.675. The molecule has 0 aromatic heterocycles. The molecule has 0 aliphatic heterocycles. The predicted molar refractivity (Wildman–Crippen MR) is 101 cm³/mol. The molecule has 28 heavy (non-hydrogen) atoms. The topological polar surface area (TPSA) is 103 Å². The lowest BCUT2D eigenvalue weighted by atomic mass is 10.1. The van der Waals surface area contributed by atoms with Crippen molar-refractivity contribution >= 4 is 17.9 Å². The van der Waals surface area contributed by atoms with Crippen LogP contribution in [0.25, 0.3) is 0 Å². The number of carbonyl (C=O) groups excluding carboxylic acids is 3. The molecule has 0 radical (unpaired) electrons. The Bertz CT molecular complexity index is 792. The molecule has 0 bridgehead atoms. The SMILES string of the molecule is CCNC(=O)NC(=O)[C@H](OC(=O)COc1ccc(OC)cc1)c1ccccc1. The molecular weight excluding hydrogens is 364 g/mol. The molecule has 0 saturated heterocycles. The van der Waals surface area contributed by atoms with Crippen molar-refractivity contribution < 1.29 is 28.6 Å². The van der Waals surface area contributed by atoms with Gasteiger partial charge in [0.2, 0.25) is 6.10 Å². The average molecular weight is 386 g/mol. The summed E-state index contributed by atoms with van der Waals surface area (Å²) in [4.78, 5) is 36.2. The van der Waals surface area contributed by atoms with E-state index in [0.717, 1.165) is 0 Å². The van der Waals surface area contributed by atoms with Gasteiger partial charge in [-0.3, -0.25) is 10.1 Å². The Kier molecular flexibility index (Phi) is 7.83. The Morgan fingerprint density at radius 2 is 1.61 bits per heavy atom. The third-order valence-corrected chi connectivity index (χ3v) is 3.58. The molecule has 1 atom stereocenters. The van der Waals surface area contributed by atoms with Gasteiger partial charge < -0.3 is 19.5 Å². The zero-order valence-corrected chi connectivity index (χ0v) is 15.6. The Labute approximate surface area is 162 Å². The molecule has 0 unspecified atom stereocenters. The highest BCUT2D eigenvalue weighted by Gasteiger charge is 2.26. The minimum Gasteiger partial charge on any atom is -0.497 e. The summed E-state index contributed by atoms with van der Waals surface area (Å²) in [5.74, 6) is -0.410. The van der Waals surface area contributed by atoms with Crippen LogP contribution in [-0.4, -0.2) is 38.2 Å². The summed E-state index contributed by atoms with van der Waals surface area (Å²) < 4.78 is 15.7. The maximum absolute atomic E-state index is 12.4. The van der Waals surface area contributed by atoms with Crippen molar-refractivity contribution in [3.05, 3.63) is 60.2 Å². The van der Waals surface area contributed by atoms with Crippen LogP contribution in [-0.2, 0) is 14.3 Å². The molecule has 0 fully saturated rings. The van der Waals surface area contributed by atoms with E-state index < -0.39 is 30.6 Å². The van der Waals surface area contributed by atoms with Crippen molar-refractivity contribution in [1.29, 1.82) is 0 Å². The molecular formula is C20H22N2O6. The monoisotopic (exact) mass is 386 g/mol. The number of esters is 1. The van der Waals surface area contributed by atoms with Gasteiger partial charge in [-0.1, -0.05) is 30.3 Å². The number of benzene rings is 2. The van der Waals surface area contributed by atoms with Crippen molar-refractivity contribution in [3.8, 4) is 11.5 Å². The number of nitrogens with one attached hydrogen (secondary N) is 2. The molecule has 2 N–H and O–H groups in total. The summed E-state index contributed by atoms with van der Waals surface area (Å²) in [6, 6.07) is 14.4. The largest absolute Gasteiger partial charge is 0.497 e. The summed E-state index contributed by atoms with van der Waals surface area (Å²) in [5, 5.41) is 4.60. The number of rotatable bonds is 8. The van der Waals surface area contributed by atoms with Crippen molar-refractivity contribution in [1.82, 2.24) is 10.6 Å². The summed E-state index contributed by atoms with van der Waals surface area (Å²) in [6.45, 7) is 1.67. The van der Waals surface area contributed by atoms with Crippen molar-refractivity contribution in [3.63, 3.8) is 0 Å². The van der Waals surface area contributed by atoms with Gasteiger partial charge in [-0.15, -0.1) is 0 Å². The van der Waals surface area contributed by atoms with Crippen LogP contribution >= 0.6 is 0 Å². The van der Waals surface area contributed by atoms with Crippen LogP contribution < -0.4 is 20.1 Å². The van der Waals surface area contributed by atoms with E-state index in [2.05, 4.69) is 10.6 Å². The van der Waals surface area contributed by atoms with Crippen LogP contribution in [0.3, 0.4) is 0 Å². The fourth-order valence-electron chi connectivity index (χ4n) is 2.26. The zero-order valence-electron chi connectivity index (χ0n) is 15.6. The van der Waals surface area contributed by atoms with Gasteiger partial charge in [0.05, 0.1) is 7.11 Å². The lowest BCUT2D eigenvalue weighted by Crippen LogP contribution is -2.42. The molecule has 0 saturated carbocycles. The van der Waals surface area contributed by atoms with E-state index >= 15 is 0 Å². The van der Waals surface area contributed by atoms with E-state index in [-0.39, 0.29) is 0 Å². The highest BCUT2D eigenvalue weighted by Crippen LogP contribution is 2.19. The molecule has 0 aliphatic carbocycles. The zero-order chi connectivity index (χ0) is 20.4. The number of ether oxygens (including phenoxy) is 3. The van der Waals surface area contributed by atoms with Gasteiger partial charge in [0.25, 0.3) is 5.91 Å². The van der Waals surface area contributed by atoms with Crippen LogP contribution in [0, 0.1) is 0 Å². The molecule has 2 aromatic carbocycles. The summed E-state index contributed by atoms with van der Waals surface area (Å²) >= 11 is 0. The molecule has 2 rings (SSSR count). The van der Waals surface area contributed by atoms with Gasteiger partial charge in [-0.25, -0.2) is 9.59 Å². The number of hydrogen-bond acceptors (Lipinski definition) is 6. The first-order chi connectivity index (χ1) is 13.5. The number of amides is 3. The average Bonchev–Trinajstić information content (AvgIpc) is 2.71. The molecule has 2 aromatic rings. The minimum atomic E-state index is -1.28. The molecule has 8 nitrogen and oxygen atoms in total. The van der Waals surface area contributed by atoms with E-state index in [4.69, 9.17) is 14.2 Å². The molecule has 148 valence electrons. The highest BCUT2D eigenvalue weighted by molar-refractivity contribution is 5.97. The third-order valence-electron chi connectivity index (χ3n) is 3.58. The molecule has 8 heteroatoms. The Morgan fingerprint density at radius 1 is 0.964 bits per heavy atom. The minimum absolute atomic E-state index is 0.352. The second kappa shape index (κ2) is 10.6. The fourth-order valence-corrected chi connectivity index (χ4v) is 2.26. The van der Waals surface area contributed by atoms with Gasteiger partial charge in [0.1, 0.15) is 11.5 Å². The van der Waals surface area contributed by atoms with Gasteiger partial charge in [0, 0.05) is 12.1 Å². The predicted octanol–water partition coefficient (Wildman–Crippen LogP) is 2.20. The summed E-state index contributed by atoms with van der Waals surface area (Å²) in [7, 11) is 1.54. The fraction of sp³-hybridized carbons (Fsp3) is 0.250. The lowest BCUT2D eigenvalue weighted by molar-refractivity contribution is -0.158. The normalized spacial score (nSPS) is 11.1. The van der Waals surface area contributed by atoms with Crippen LogP contribution in [0.2, 0.25) is 0 Å². The molecule has 3 amide bonds. The standard InChI is InChI=1S/C20H22N2O6/c1-3-21-20(25)22-19(24)18(14-7-5-4-6-8-14)28-17(23)13-27-16-11-9-15(26-2)10-12-16/h4-12,18H,3,13H2,1-2H3,(H2,21,22,24,25)/t18-/m1/s1. The van der Waals surface area contributed by atoms with Gasteiger partial charge in [-0.2, -0.15) is 0 Å². The Balaban J connectivity index is 2.01. The van der Waals surface area contributed by atoms with E-state index in [0.29, 0.717) is 23.6 Å². The number of imide groups is 1. The molecule has 0 spiro atoms. The van der Waals surface area contributed by atoms with Crippen LogP contribution in [0.5, 0.6) is 11.5 Å². The van der Waals surface area contributed by atoms with Crippen molar-refractivity contribution in [2.45, 2.75) is 13.0 Å². The second-order valence-electron chi connectivity index (χ2n) is 5.59.